The summed E-state index contributed by atoms with van der Waals surface area (Å²) in [5.74, 6) is -3.13. The number of aromatic nitrogens is 2. The highest BCUT2D eigenvalue weighted by Crippen LogP contribution is 2.22. The summed E-state index contributed by atoms with van der Waals surface area (Å²) in [5, 5.41) is 18.1. The van der Waals surface area contributed by atoms with Crippen LogP contribution in [-0.2, 0) is 20.9 Å². The third-order valence-electron chi connectivity index (χ3n) is 3.07. The number of hydrogen-bond acceptors (Lipinski definition) is 7. The van der Waals surface area contributed by atoms with E-state index in [1.807, 2.05) is 0 Å². The van der Waals surface area contributed by atoms with E-state index in [2.05, 4.69) is 40.4 Å². The quantitative estimate of drug-likeness (QED) is 0.316. The maximum Gasteiger partial charge on any atom is 0.474 e. The largest absolute Gasteiger partial charge is 0.474 e. The molecule has 0 aliphatic carbocycles. The van der Waals surface area contributed by atoms with Crippen LogP contribution in [0.4, 0.5) is 17.6 Å². The van der Waals surface area contributed by atoms with Crippen molar-refractivity contribution in [3.63, 3.8) is 0 Å². The van der Waals surface area contributed by atoms with E-state index < -0.39 is 38.3 Å². The molecule has 1 unspecified atom stereocenters. The van der Waals surface area contributed by atoms with E-state index in [1.165, 1.54) is 12.1 Å². The molecule has 0 bridgehead atoms. The van der Waals surface area contributed by atoms with Crippen LogP contribution in [0.2, 0.25) is 0 Å². The highest BCUT2D eigenvalue weighted by Gasteiger charge is 2.40. The first kappa shape index (κ1) is 21.0. The molecule has 14 heteroatoms. The first-order valence-corrected chi connectivity index (χ1v) is 9.48. The fourth-order valence-electron chi connectivity index (χ4n) is 1.87. The summed E-state index contributed by atoms with van der Waals surface area (Å²) in [5.41, 5.74) is -0.339. The molecule has 1 atom stereocenters. The van der Waals surface area contributed by atoms with E-state index in [0.29, 0.717) is 5.56 Å². The first-order valence-electron chi connectivity index (χ1n) is 6.77. The van der Waals surface area contributed by atoms with Gasteiger partial charge in [-0.3, -0.25) is 4.79 Å². The number of oxime groups is 1. The minimum atomic E-state index is -5.33. The van der Waals surface area contributed by atoms with Gasteiger partial charge in [-0.05, 0) is 43.9 Å². The fraction of sp³-hybridized carbons (Fsp3) is 0.231. The van der Waals surface area contributed by atoms with E-state index in [-0.39, 0.29) is 16.6 Å². The van der Waals surface area contributed by atoms with Crippen LogP contribution in [0.25, 0.3) is 0 Å². The molecule has 1 N–H and O–H groups in total. The van der Waals surface area contributed by atoms with Crippen LogP contribution >= 0.6 is 15.9 Å². The molecule has 0 aliphatic rings. The van der Waals surface area contributed by atoms with Crippen molar-refractivity contribution in [2.24, 2.45) is 9.52 Å². The van der Waals surface area contributed by atoms with Crippen LogP contribution in [-0.4, -0.2) is 43.8 Å². The van der Waals surface area contributed by atoms with Gasteiger partial charge < -0.3 is 5.21 Å². The molecule has 1 aromatic carbocycles. The summed E-state index contributed by atoms with van der Waals surface area (Å²) < 4.78 is 70.0. The average molecular weight is 473 g/mol. The Bertz CT molecular complexity index is 1030. The molecule has 0 spiro atoms. The lowest BCUT2D eigenvalue weighted by atomic mass is 10.1. The Balaban J connectivity index is 2.44. The predicted octanol–water partition coefficient (Wildman–Crippen LogP) is 2.94. The zero-order chi connectivity index (χ0) is 20.4. The average Bonchev–Trinajstić information content (AvgIpc) is 3.05. The van der Waals surface area contributed by atoms with Gasteiger partial charge in [0.2, 0.25) is 5.03 Å². The number of benzene rings is 1. The second-order valence-electron chi connectivity index (χ2n) is 5.09. The summed E-state index contributed by atoms with van der Waals surface area (Å²) in [6.07, 6.45) is -4.80. The lowest BCUT2D eigenvalue weighted by molar-refractivity contribution is -0.169. The summed E-state index contributed by atoms with van der Waals surface area (Å²) in [6, 6.07) is 3.82. The Labute approximate surface area is 157 Å². The Hall–Kier alpha value is -2.35. The molecule has 0 saturated heterocycles. The van der Waals surface area contributed by atoms with Gasteiger partial charge in [0.15, 0.2) is 5.69 Å². The summed E-state index contributed by atoms with van der Waals surface area (Å²) >= 11 is 2.97. The zero-order valence-corrected chi connectivity index (χ0v) is 15.6. The topological polar surface area (TPSA) is 118 Å². The SMILES string of the molecule is CS(=O)(=NC(=O)C(F)(F)F)c1nonc1C(Cc1ccc(F)c(Br)c1)=NO. The van der Waals surface area contributed by atoms with Gasteiger partial charge in [-0.1, -0.05) is 11.2 Å². The van der Waals surface area contributed by atoms with Gasteiger partial charge in [0.1, 0.15) is 21.3 Å². The number of halogens is 5. The van der Waals surface area contributed by atoms with Crippen molar-refractivity contribution < 1.29 is 36.4 Å². The van der Waals surface area contributed by atoms with Crippen molar-refractivity contribution in [2.75, 3.05) is 6.26 Å². The van der Waals surface area contributed by atoms with Crippen molar-refractivity contribution in [1.29, 1.82) is 0 Å². The molecule has 8 nitrogen and oxygen atoms in total. The second kappa shape index (κ2) is 7.72. The smallest absolute Gasteiger partial charge is 0.411 e. The highest BCUT2D eigenvalue weighted by molar-refractivity contribution is 9.10. The fourth-order valence-corrected chi connectivity index (χ4v) is 3.49. The monoisotopic (exact) mass is 472 g/mol. The maximum atomic E-state index is 13.3. The van der Waals surface area contributed by atoms with Gasteiger partial charge in [0.25, 0.3) is 0 Å². The number of carbonyl (C=O) groups excluding carboxylic acids is 1. The maximum absolute atomic E-state index is 13.3. The lowest BCUT2D eigenvalue weighted by Gasteiger charge is -2.06. The first-order chi connectivity index (χ1) is 12.5. The minimum absolute atomic E-state index is 0.112. The van der Waals surface area contributed by atoms with Gasteiger partial charge in [-0.25, -0.2) is 13.2 Å². The molecule has 146 valence electrons. The van der Waals surface area contributed by atoms with E-state index in [0.717, 1.165) is 12.3 Å². The lowest BCUT2D eigenvalue weighted by Crippen LogP contribution is -2.22. The Morgan fingerprint density at radius 1 is 1.37 bits per heavy atom. The molecule has 27 heavy (non-hydrogen) atoms. The molecule has 0 radical (unpaired) electrons. The molecule has 2 aromatic rings. The zero-order valence-electron chi connectivity index (χ0n) is 13.2. The molecule has 2 rings (SSSR count). The van der Waals surface area contributed by atoms with Crippen molar-refractivity contribution in [3.8, 4) is 0 Å². The van der Waals surface area contributed by atoms with Gasteiger partial charge in [-0.2, -0.15) is 13.2 Å². The molecular weight excluding hydrogens is 464 g/mol. The number of alkyl halides is 3. The van der Waals surface area contributed by atoms with Gasteiger partial charge in [-0.15, -0.1) is 4.36 Å². The van der Waals surface area contributed by atoms with E-state index in [9.17, 15) is 31.8 Å². The van der Waals surface area contributed by atoms with Crippen molar-refractivity contribution in [3.05, 3.63) is 39.7 Å². The molecule has 1 heterocycles. The highest BCUT2D eigenvalue weighted by atomic mass is 79.9. The molecular formula is C13H9BrF4N4O4S. The molecule has 0 aliphatic heterocycles. The molecule has 0 saturated carbocycles. The van der Waals surface area contributed by atoms with E-state index in [1.54, 1.807) is 0 Å². The van der Waals surface area contributed by atoms with Gasteiger partial charge in [0, 0.05) is 12.7 Å². The van der Waals surface area contributed by atoms with Crippen LogP contribution < -0.4 is 0 Å². The Kier molecular flexibility index (Phi) is 5.99. The van der Waals surface area contributed by atoms with Crippen molar-refractivity contribution >= 4 is 37.3 Å². The minimum Gasteiger partial charge on any atom is -0.411 e. The number of nitrogens with zero attached hydrogens (tertiary/aromatic N) is 4. The summed E-state index contributed by atoms with van der Waals surface area (Å²) in [6.45, 7) is 0. The van der Waals surface area contributed by atoms with Gasteiger partial charge >= 0.3 is 12.1 Å². The Morgan fingerprint density at radius 3 is 2.59 bits per heavy atom. The molecule has 1 aromatic heterocycles. The number of carbonyl (C=O) groups is 1. The van der Waals surface area contributed by atoms with Crippen LogP contribution in [0, 0.1) is 5.82 Å². The van der Waals surface area contributed by atoms with Crippen molar-refractivity contribution in [1.82, 2.24) is 10.3 Å². The third-order valence-corrected chi connectivity index (χ3v) is 5.17. The van der Waals surface area contributed by atoms with Crippen LogP contribution in [0.1, 0.15) is 11.3 Å². The van der Waals surface area contributed by atoms with Crippen LogP contribution in [0.15, 0.2) is 41.8 Å². The molecule has 0 fully saturated rings. The summed E-state index contributed by atoms with van der Waals surface area (Å²) in [7, 11) is -4.02. The Morgan fingerprint density at radius 2 is 2.04 bits per heavy atom. The summed E-state index contributed by atoms with van der Waals surface area (Å²) in [4.78, 5) is 11.0. The van der Waals surface area contributed by atoms with Crippen molar-refractivity contribution in [2.45, 2.75) is 17.6 Å². The number of hydrogen-bond donors (Lipinski definition) is 1. The third kappa shape index (κ3) is 4.88. The number of rotatable bonds is 4. The van der Waals surface area contributed by atoms with E-state index in [4.69, 9.17) is 0 Å². The van der Waals surface area contributed by atoms with E-state index >= 15 is 0 Å². The van der Waals surface area contributed by atoms with Crippen LogP contribution in [0.5, 0.6) is 0 Å². The standard InChI is InChI=1S/C13H9BrF4N4O4S/c1-27(25,22-12(23)13(16,17)18)11-10(20-26-21-11)9(19-24)5-6-2-3-8(15)7(14)4-6/h2-4,24H,5H2,1H3. The molecule has 1 amide bonds. The van der Waals surface area contributed by atoms with Gasteiger partial charge in [0.05, 0.1) is 4.47 Å². The normalized spacial score (nSPS) is 14.7. The second-order valence-corrected chi connectivity index (χ2v) is 8.12. The van der Waals surface area contributed by atoms with Crippen LogP contribution in [0.3, 0.4) is 0 Å². The number of amides is 1. The predicted molar refractivity (Wildman–Crippen MR) is 86.2 cm³/mol.